The van der Waals surface area contributed by atoms with E-state index >= 15 is 0 Å². The van der Waals surface area contributed by atoms with Crippen molar-refractivity contribution in [2.75, 3.05) is 29.9 Å². The number of benzene rings is 1. The van der Waals surface area contributed by atoms with E-state index in [1.165, 1.54) is 0 Å². The average Bonchev–Trinajstić information content (AvgIpc) is 2.82. The third-order valence-corrected chi connectivity index (χ3v) is 5.98. The van der Waals surface area contributed by atoms with Crippen molar-refractivity contribution in [3.63, 3.8) is 0 Å². The monoisotopic (exact) mass is 453 g/mol. The minimum Gasteiger partial charge on any atom is -0.466 e. The minimum atomic E-state index is -0.919. The molecule has 174 valence electrons. The molecule has 1 aromatic carbocycles. The van der Waals surface area contributed by atoms with Gasteiger partial charge in [-0.3, -0.25) is 24.2 Å². The smallest absolute Gasteiger partial charge is 0.309 e. The van der Waals surface area contributed by atoms with Gasteiger partial charge < -0.3 is 20.3 Å². The van der Waals surface area contributed by atoms with E-state index in [1.54, 1.807) is 6.92 Å². The van der Waals surface area contributed by atoms with Gasteiger partial charge in [-0.05, 0) is 25.3 Å². The van der Waals surface area contributed by atoms with Crippen molar-refractivity contribution in [1.29, 1.82) is 0 Å². The fraction of sp³-hybridized carbons (Fsp3) is 0.435. The lowest BCUT2D eigenvalue weighted by atomic mass is 9.92. The number of ether oxygens (including phenoxy) is 1. The quantitative estimate of drug-likeness (QED) is 0.561. The van der Waals surface area contributed by atoms with Crippen molar-refractivity contribution >= 4 is 29.5 Å². The van der Waals surface area contributed by atoms with Crippen LogP contribution in [-0.2, 0) is 25.7 Å². The Kier molecular flexibility index (Phi) is 6.71. The number of piperidine rings is 1. The first-order chi connectivity index (χ1) is 16.0. The number of nitrogens with one attached hydrogen (secondary N) is 3. The molecule has 10 nitrogen and oxygen atoms in total. The van der Waals surface area contributed by atoms with E-state index in [0.717, 1.165) is 5.56 Å². The SMILES string of the molecule is CCOC(=O)C1CCN(c2nc3c(c(=O)[nH]2)[C@@H](C(=O)NCc2ccccc2)CC(=O)N3)CC1. The van der Waals surface area contributed by atoms with Crippen LogP contribution in [0.5, 0.6) is 0 Å². The highest BCUT2D eigenvalue weighted by atomic mass is 16.5. The number of rotatable bonds is 6. The van der Waals surface area contributed by atoms with Crippen molar-refractivity contribution in [3.8, 4) is 0 Å². The highest BCUT2D eigenvalue weighted by molar-refractivity contribution is 6.00. The number of carbonyl (C=O) groups excluding carboxylic acids is 3. The Balaban J connectivity index is 1.49. The summed E-state index contributed by atoms with van der Waals surface area (Å²) in [6.07, 6.45) is 1.04. The van der Waals surface area contributed by atoms with Gasteiger partial charge in [0, 0.05) is 26.1 Å². The normalized spacial score (nSPS) is 18.3. The summed E-state index contributed by atoms with van der Waals surface area (Å²) in [4.78, 5) is 59.1. The first-order valence-electron chi connectivity index (χ1n) is 11.1. The molecule has 0 unspecified atom stereocenters. The molecule has 2 aromatic rings. The molecule has 2 aliphatic rings. The number of aromatic amines is 1. The largest absolute Gasteiger partial charge is 0.466 e. The Morgan fingerprint density at radius 2 is 1.91 bits per heavy atom. The van der Waals surface area contributed by atoms with Crippen LogP contribution in [0.15, 0.2) is 35.1 Å². The Bertz CT molecular complexity index is 1090. The number of carbonyl (C=O) groups is 3. The zero-order chi connectivity index (χ0) is 23.4. The molecule has 10 heteroatoms. The van der Waals surface area contributed by atoms with Gasteiger partial charge in [0.15, 0.2) is 0 Å². The van der Waals surface area contributed by atoms with E-state index in [2.05, 4.69) is 20.6 Å². The Morgan fingerprint density at radius 3 is 2.61 bits per heavy atom. The summed E-state index contributed by atoms with van der Waals surface area (Å²) < 4.78 is 5.09. The van der Waals surface area contributed by atoms with Crippen LogP contribution in [0.25, 0.3) is 0 Å². The molecule has 2 aliphatic heterocycles. The zero-order valence-electron chi connectivity index (χ0n) is 18.4. The number of fused-ring (bicyclic) bond motifs is 1. The number of nitrogens with zero attached hydrogens (tertiary/aromatic N) is 2. The molecule has 1 aromatic heterocycles. The maximum Gasteiger partial charge on any atom is 0.309 e. The third kappa shape index (κ3) is 5.05. The van der Waals surface area contributed by atoms with Crippen molar-refractivity contribution < 1.29 is 19.1 Å². The Hall–Kier alpha value is -3.69. The fourth-order valence-electron chi connectivity index (χ4n) is 4.23. The molecular formula is C23H27N5O5. The summed E-state index contributed by atoms with van der Waals surface area (Å²) in [6, 6.07) is 9.39. The summed E-state index contributed by atoms with van der Waals surface area (Å²) in [7, 11) is 0. The van der Waals surface area contributed by atoms with Gasteiger partial charge in [-0.1, -0.05) is 30.3 Å². The molecule has 0 bridgehead atoms. The molecule has 1 atom stereocenters. The lowest BCUT2D eigenvalue weighted by Crippen LogP contribution is -2.41. The minimum absolute atomic E-state index is 0.109. The van der Waals surface area contributed by atoms with Crippen molar-refractivity contribution in [2.45, 2.75) is 38.6 Å². The molecule has 4 rings (SSSR count). The molecule has 1 fully saturated rings. The zero-order valence-corrected chi connectivity index (χ0v) is 18.4. The van der Waals surface area contributed by atoms with Crippen LogP contribution in [0, 0.1) is 5.92 Å². The van der Waals surface area contributed by atoms with E-state index in [4.69, 9.17) is 4.74 Å². The van der Waals surface area contributed by atoms with Crippen LogP contribution >= 0.6 is 0 Å². The second-order valence-electron chi connectivity index (χ2n) is 8.17. The first-order valence-corrected chi connectivity index (χ1v) is 11.1. The molecule has 3 N–H and O–H groups in total. The predicted octanol–water partition coefficient (Wildman–Crippen LogP) is 1.29. The molecule has 0 aliphatic carbocycles. The number of hydrogen-bond acceptors (Lipinski definition) is 7. The van der Waals surface area contributed by atoms with E-state index in [-0.39, 0.29) is 35.6 Å². The van der Waals surface area contributed by atoms with Crippen LogP contribution in [-0.4, -0.2) is 47.4 Å². The summed E-state index contributed by atoms with van der Waals surface area (Å²) in [5.41, 5.74) is 0.618. The Morgan fingerprint density at radius 1 is 1.18 bits per heavy atom. The first kappa shape index (κ1) is 22.5. The maximum absolute atomic E-state index is 13.0. The number of anilines is 2. The number of H-pyrrole nitrogens is 1. The number of esters is 1. The van der Waals surface area contributed by atoms with Gasteiger partial charge in [-0.15, -0.1) is 0 Å². The van der Waals surface area contributed by atoms with Crippen molar-refractivity contribution in [3.05, 3.63) is 51.8 Å². The highest BCUT2D eigenvalue weighted by Gasteiger charge is 2.35. The molecule has 3 heterocycles. The summed E-state index contributed by atoms with van der Waals surface area (Å²) in [5.74, 6) is -1.65. The topological polar surface area (TPSA) is 133 Å². The molecule has 0 spiro atoms. The van der Waals surface area contributed by atoms with E-state index in [1.807, 2.05) is 35.2 Å². The van der Waals surface area contributed by atoms with Crippen LogP contribution in [0.4, 0.5) is 11.8 Å². The predicted molar refractivity (Wildman–Crippen MR) is 121 cm³/mol. The van der Waals surface area contributed by atoms with E-state index in [0.29, 0.717) is 45.0 Å². The van der Waals surface area contributed by atoms with Gasteiger partial charge in [-0.2, -0.15) is 4.98 Å². The number of aromatic nitrogens is 2. The summed E-state index contributed by atoms with van der Waals surface area (Å²) in [5, 5.41) is 5.44. The summed E-state index contributed by atoms with van der Waals surface area (Å²) in [6.45, 7) is 3.45. The average molecular weight is 453 g/mol. The van der Waals surface area contributed by atoms with Crippen LogP contribution in [0.3, 0.4) is 0 Å². The van der Waals surface area contributed by atoms with E-state index in [9.17, 15) is 19.2 Å². The fourth-order valence-corrected chi connectivity index (χ4v) is 4.23. The third-order valence-electron chi connectivity index (χ3n) is 5.98. The van der Waals surface area contributed by atoms with E-state index < -0.39 is 17.4 Å². The standard InChI is InChI=1S/C23H27N5O5/c1-2-33-22(32)15-8-10-28(11-9-15)23-26-19-18(21(31)27-23)16(12-17(29)25-19)20(30)24-13-14-6-4-3-5-7-14/h3-7,15-16H,2,8-13H2,1H3,(H,24,30)(H2,25,26,27,29,31)/t16-/m0/s1. The molecule has 33 heavy (non-hydrogen) atoms. The molecule has 0 saturated carbocycles. The van der Waals surface area contributed by atoms with Gasteiger partial charge >= 0.3 is 5.97 Å². The van der Waals surface area contributed by atoms with Crippen molar-refractivity contribution in [2.24, 2.45) is 5.92 Å². The lowest BCUT2D eigenvalue weighted by Gasteiger charge is -2.32. The second kappa shape index (κ2) is 9.85. The molecule has 0 radical (unpaired) electrons. The van der Waals surface area contributed by atoms with Gasteiger partial charge in [0.2, 0.25) is 17.8 Å². The second-order valence-corrected chi connectivity index (χ2v) is 8.17. The summed E-state index contributed by atoms with van der Waals surface area (Å²) >= 11 is 0. The van der Waals surface area contributed by atoms with Crippen molar-refractivity contribution in [1.82, 2.24) is 15.3 Å². The maximum atomic E-state index is 13.0. The Labute approximate surface area is 190 Å². The number of hydrogen-bond donors (Lipinski definition) is 3. The van der Waals surface area contributed by atoms with Gasteiger partial charge in [0.25, 0.3) is 5.56 Å². The van der Waals surface area contributed by atoms with Crippen LogP contribution in [0.1, 0.15) is 43.2 Å². The molecular weight excluding hydrogens is 426 g/mol. The van der Waals surface area contributed by atoms with Gasteiger partial charge in [0.05, 0.1) is 24.0 Å². The molecule has 2 amide bonds. The van der Waals surface area contributed by atoms with Crippen LogP contribution < -0.4 is 21.1 Å². The van der Waals surface area contributed by atoms with Gasteiger partial charge in [0.1, 0.15) is 5.82 Å². The van der Waals surface area contributed by atoms with Gasteiger partial charge in [-0.25, -0.2) is 0 Å². The molecule has 1 saturated heterocycles. The lowest BCUT2D eigenvalue weighted by molar-refractivity contribution is -0.148. The number of amides is 2. The highest BCUT2D eigenvalue weighted by Crippen LogP contribution is 2.30. The van der Waals surface area contributed by atoms with Crippen LogP contribution in [0.2, 0.25) is 0 Å².